The maximum Gasteiger partial charge on any atom is 0.257 e. The van der Waals surface area contributed by atoms with Gasteiger partial charge < -0.3 is 9.80 Å². The van der Waals surface area contributed by atoms with Gasteiger partial charge in [0, 0.05) is 20.1 Å². The van der Waals surface area contributed by atoms with Crippen molar-refractivity contribution in [2.45, 2.75) is 6.92 Å². The highest BCUT2D eigenvalue weighted by Gasteiger charge is 2.26. The number of amides is 2. The van der Waals surface area contributed by atoms with E-state index in [-0.39, 0.29) is 18.0 Å². The fraction of sp³-hybridized carbons (Fsp3) is 0.385. The van der Waals surface area contributed by atoms with Gasteiger partial charge in [-0.05, 0) is 24.6 Å². The molecule has 1 aromatic rings. The van der Waals surface area contributed by atoms with Crippen molar-refractivity contribution in [3.63, 3.8) is 0 Å². The van der Waals surface area contributed by atoms with E-state index in [0.717, 1.165) is 5.56 Å². The third-order valence-corrected chi connectivity index (χ3v) is 3.10. The Kier molecular flexibility index (Phi) is 3.32. The Hall–Kier alpha value is -1.91. The van der Waals surface area contributed by atoms with Gasteiger partial charge >= 0.3 is 0 Å². The van der Waals surface area contributed by atoms with Crippen molar-refractivity contribution < 1.29 is 14.0 Å². The van der Waals surface area contributed by atoms with Crippen LogP contribution in [0.1, 0.15) is 15.9 Å². The van der Waals surface area contributed by atoms with Gasteiger partial charge in [-0.2, -0.15) is 0 Å². The van der Waals surface area contributed by atoms with E-state index in [2.05, 4.69) is 0 Å². The molecular formula is C13H15FN2O2. The molecule has 4 nitrogen and oxygen atoms in total. The quantitative estimate of drug-likeness (QED) is 0.747. The number of likely N-dealkylation sites (N-methyl/N-ethyl adjacent to an activating group) is 1. The van der Waals surface area contributed by atoms with Crippen LogP contribution in [0.4, 0.5) is 4.39 Å². The Morgan fingerprint density at radius 2 is 2.06 bits per heavy atom. The molecule has 0 N–H and O–H groups in total. The molecule has 2 amide bonds. The minimum atomic E-state index is -0.536. The second-order valence-electron chi connectivity index (χ2n) is 4.53. The molecule has 96 valence electrons. The first-order valence-corrected chi connectivity index (χ1v) is 5.78. The van der Waals surface area contributed by atoms with Crippen LogP contribution in [0.2, 0.25) is 0 Å². The molecule has 0 saturated carbocycles. The molecule has 5 heteroatoms. The Bertz CT molecular complexity index is 502. The van der Waals surface area contributed by atoms with Crippen LogP contribution < -0.4 is 0 Å². The predicted octanol–water partition coefficient (Wildman–Crippen LogP) is 1.05. The molecule has 1 aromatic carbocycles. The zero-order valence-corrected chi connectivity index (χ0v) is 10.4. The third kappa shape index (κ3) is 2.34. The van der Waals surface area contributed by atoms with E-state index in [0.29, 0.717) is 13.1 Å². The molecule has 0 radical (unpaired) electrons. The molecule has 18 heavy (non-hydrogen) atoms. The van der Waals surface area contributed by atoms with Gasteiger partial charge in [0.1, 0.15) is 12.4 Å². The number of rotatable bonds is 1. The second-order valence-corrected chi connectivity index (χ2v) is 4.53. The summed E-state index contributed by atoms with van der Waals surface area (Å²) in [5, 5.41) is 0. The first-order valence-electron chi connectivity index (χ1n) is 5.78. The molecular weight excluding hydrogens is 235 g/mol. The van der Waals surface area contributed by atoms with Crippen molar-refractivity contribution in [3.8, 4) is 0 Å². The average Bonchev–Trinajstić information content (AvgIpc) is 2.32. The van der Waals surface area contributed by atoms with E-state index < -0.39 is 11.7 Å². The van der Waals surface area contributed by atoms with E-state index in [1.165, 1.54) is 17.0 Å². The molecule has 1 aliphatic heterocycles. The minimum Gasteiger partial charge on any atom is -0.342 e. The highest BCUT2D eigenvalue weighted by molar-refractivity contribution is 5.97. The Morgan fingerprint density at radius 3 is 2.67 bits per heavy atom. The van der Waals surface area contributed by atoms with E-state index in [1.807, 2.05) is 0 Å². The van der Waals surface area contributed by atoms with Crippen LogP contribution >= 0.6 is 0 Å². The Balaban J connectivity index is 2.19. The summed E-state index contributed by atoms with van der Waals surface area (Å²) in [7, 11) is 1.69. The molecule has 0 atom stereocenters. The van der Waals surface area contributed by atoms with E-state index in [4.69, 9.17) is 0 Å². The van der Waals surface area contributed by atoms with Gasteiger partial charge in [0.15, 0.2) is 0 Å². The monoisotopic (exact) mass is 250 g/mol. The number of hydrogen-bond acceptors (Lipinski definition) is 2. The van der Waals surface area contributed by atoms with Crippen molar-refractivity contribution >= 4 is 11.8 Å². The van der Waals surface area contributed by atoms with Gasteiger partial charge in [-0.3, -0.25) is 9.59 Å². The van der Waals surface area contributed by atoms with Crippen LogP contribution in [-0.2, 0) is 4.79 Å². The van der Waals surface area contributed by atoms with Crippen LogP contribution in [0, 0.1) is 12.7 Å². The van der Waals surface area contributed by atoms with E-state index in [1.54, 1.807) is 24.9 Å². The minimum absolute atomic E-state index is 0.0165. The predicted molar refractivity (Wildman–Crippen MR) is 64.7 cm³/mol. The summed E-state index contributed by atoms with van der Waals surface area (Å²) in [6, 6.07) is 4.48. The number of aryl methyl sites for hydroxylation is 1. The molecule has 1 aliphatic rings. The summed E-state index contributed by atoms with van der Waals surface area (Å²) >= 11 is 0. The molecule has 2 rings (SSSR count). The summed E-state index contributed by atoms with van der Waals surface area (Å²) in [5.74, 6) is -1.08. The van der Waals surface area contributed by atoms with Gasteiger partial charge in [0.25, 0.3) is 5.91 Å². The smallest absolute Gasteiger partial charge is 0.257 e. The Labute approximate surface area is 105 Å². The van der Waals surface area contributed by atoms with Crippen molar-refractivity contribution in [1.82, 2.24) is 9.80 Å². The summed E-state index contributed by atoms with van der Waals surface area (Å²) in [6.45, 7) is 2.70. The third-order valence-electron chi connectivity index (χ3n) is 3.10. The molecule has 0 aromatic heterocycles. The SMILES string of the molecule is Cc1ccc(C(=O)N2CCN(C)C(=O)C2)c(F)c1. The summed E-state index contributed by atoms with van der Waals surface area (Å²) in [5.41, 5.74) is 0.788. The van der Waals surface area contributed by atoms with E-state index in [9.17, 15) is 14.0 Å². The number of halogens is 1. The summed E-state index contributed by atoms with van der Waals surface area (Å²) in [6.07, 6.45) is 0. The van der Waals surface area contributed by atoms with Crippen molar-refractivity contribution in [2.24, 2.45) is 0 Å². The first kappa shape index (κ1) is 12.5. The normalized spacial score (nSPS) is 16.1. The fourth-order valence-electron chi connectivity index (χ4n) is 1.90. The lowest BCUT2D eigenvalue weighted by Crippen LogP contribution is -2.50. The van der Waals surface area contributed by atoms with Crippen LogP contribution in [0.25, 0.3) is 0 Å². The number of nitrogens with zero attached hydrogens (tertiary/aromatic N) is 2. The zero-order chi connectivity index (χ0) is 13.3. The van der Waals surface area contributed by atoms with Gasteiger partial charge in [0.05, 0.1) is 5.56 Å². The fourth-order valence-corrected chi connectivity index (χ4v) is 1.90. The first-order chi connectivity index (χ1) is 8.49. The Morgan fingerprint density at radius 1 is 1.33 bits per heavy atom. The molecule has 0 aliphatic carbocycles. The zero-order valence-electron chi connectivity index (χ0n) is 10.4. The molecule has 0 bridgehead atoms. The largest absolute Gasteiger partial charge is 0.342 e. The number of piperazine rings is 1. The summed E-state index contributed by atoms with van der Waals surface area (Å²) < 4.78 is 13.7. The average molecular weight is 250 g/mol. The highest BCUT2D eigenvalue weighted by atomic mass is 19.1. The maximum atomic E-state index is 13.7. The van der Waals surface area contributed by atoms with Crippen LogP contribution in [0.3, 0.4) is 0 Å². The van der Waals surface area contributed by atoms with Gasteiger partial charge in [0.2, 0.25) is 5.91 Å². The van der Waals surface area contributed by atoms with Crippen molar-refractivity contribution in [2.75, 3.05) is 26.7 Å². The molecule has 0 spiro atoms. The second kappa shape index (κ2) is 4.76. The topological polar surface area (TPSA) is 40.6 Å². The lowest BCUT2D eigenvalue weighted by Gasteiger charge is -2.32. The molecule has 1 fully saturated rings. The van der Waals surface area contributed by atoms with Gasteiger partial charge in [-0.15, -0.1) is 0 Å². The number of carbonyl (C=O) groups excluding carboxylic acids is 2. The lowest BCUT2D eigenvalue weighted by molar-refractivity contribution is -0.133. The van der Waals surface area contributed by atoms with Gasteiger partial charge in [-0.25, -0.2) is 4.39 Å². The van der Waals surface area contributed by atoms with Crippen LogP contribution in [0.5, 0.6) is 0 Å². The highest BCUT2D eigenvalue weighted by Crippen LogP contribution is 2.14. The molecule has 1 saturated heterocycles. The number of hydrogen-bond donors (Lipinski definition) is 0. The molecule has 0 unspecified atom stereocenters. The van der Waals surface area contributed by atoms with Crippen LogP contribution in [-0.4, -0.2) is 48.3 Å². The number of benzene rings is 1. The maximum absolute atomic E-state index is 13.7. The number of carbonyl (C=O) groups is 2. The summed E-state index contributed by atoms with van der Waals surface area (Å²) in [4.78, 5) is 26.6. The molecule has 1 heterocycles. The lowest BCUT2D eigenvalue weighted by atomic mass is 10.1. The van der Waals surface area contributed by atoms with Crippen LogP contribution in [0.15, 0.2) is 18.2 Å². The standard InChI is InChI=1S/C13H15FN2O2/c1-9-3-4-10(11(14)7-9)13(18)16-6-5-15(2)12(17)8-16/h3-4,7H,5-6,8H2,1-2H3. The van der Waals surface area contributed by atoms with Gasteiger partial charge in [-0.1, -0.05) is 6.07 Å². The van der Waals surface area contributed by atoms with Crippen molar-refractivity contribution in [1.29, 1.82) is 0 Å². The van der Waals surface area contributed by atoms with E-state index >= 15 is 0 Å². The van der Waals surface area contributed by atoms with Crippen molar-refractivity contribution in [3.05, 3.63) is 35.1 Å².